The summed E-state index contributed by atoms with van der Waals surface area (Å²) < 4.78 is 1.57. The quantitative estimate of drug-likeness (QED) is 0.646. The first-order valence-corrected chi connectivity index (χ1v) is 9.37. The van der Waals surface area contributed by atoms with E-state index in [2.05, 4.69) is 32.1 Å². The number of amides is 1. The summed E-state index contributed by atoms with van der Waals surface area (Å²) in [6.07, 6.45) is 5.07. The van der Waals surface area contributed by atoms with Gasteiger partial charge in [0.05, 0.1) is 23.0 Å². The standard InChI is InChI=1S/C20H21N7O/c21-11-14-5-1-2-7-17(14)25-19(28)18-9-8-16-13-23-20(26-27(16)18)24-15-6-3-4-10-22-12-15/h1-2,5,7-9,13,15,22H,3-4,6,10,12H2,(H,24,26)(H,25,28)/t15-/m1/s1. The van der Waals surface area contributed by atoms with Crippen molar-refractivity contribution in [3.8, 4) is 6.07 Å². The number of fused-ring (bicyclic) bond motifs is 1. The Morgan fingerprint density at radius 2 is 2.14 bits per heavy atom. The molecule has 1 aliphatic heterocycles. The second kappa shape index (κ2) is 8.06. The highest BCUT2D eigenvalue weighted by atomic mass is 16.2. The van der Waals surface area contributed by atoms with E-state index in [4.69, 9.17) is 0 Å². The molecule has 2 aromatic heterocycles. The van der Waals surface area contributed by atoms with E-state index in [0.717, 1.165) is 31.4 Å². The Bertz CT molecular complexity index is 1030. The molecule has 0 saturated carbocycles. The van der Waals surface area contributed by atoms with Gasteiger partial charge in [-0.15, -0.1) is 5.10 Å². The lowest BCUT2D eigenvalue weighted by atomic mass is 10.1. The summed E-state index contributed by atoms with van der Waals surface area (Å²) in [7, 11) is 0. The number of anilines is 2. The van der Waals surface area contributed by atoms with Crippen LogP contribution in [0.15, 0.2) is 42.6 Å². The summed E-state index contributed by atoms with van der Waals surface area (Å²) in [6.45, 7) is 1.90. The van der Waals surface area contributed by atoms with Crippen molar-refractivity contribution in [1.29, 1.82) is 5.26 Å². The molecule has 8 heteroatoms. The molecule has 0 radical (unpaired) electrons. The highest BCUT2D eigenvalue weighted by molar-refractivity contribution is 6.04. The number of hydrogen-bond donors (Lipinski definition) is 3. The Labute approximate surface area is 162 Å². The molecule has 0 spiro atoms. The molecule has 142 valence electrons. The van der Waals surface area contributed by atoms with Crippen molar-refractivity contribution in [2.24, 2.45) is 0 Å². The van der Waals surface area contributed by atoms with Gasteiger partial charge in [-0.3, -0.25) is 4.79 Å². The minimum atomic E-state index is -0.330. The van der Waals surface area contributed by atoms with E-state index in [1.807, 2.05) is 0 Å². The van der Waals surface area contributed by atoms with E-state index < -0.39 is 0 Å². The number of nitriles is 1. The van der Waals surface area contributed by atoms with Gasteiger partial charge in [0.1, 0.15) is 11.8 Å². The number of benzene rings is 1. The van der Waals surface area contributed by atoms with Gasteiger partial charge in [-0.2, -0.15) is 5.26 Å². The van der Waals surface area contributed by atoms with Gasteiger partial charge in [-0.05, 0) is 43.7 Å². The highest BCUT2D eigenvalue weighted by Gasteiger charge is 2.16. The number of nitrogens with one attached hydrogen (secondary N) is 3. The summed E-state index contributed by atoms with van der Waals surface area (Å²) in [5.41, 5.74) is 1.99. The largest absolute Gasteiger partial charge is 0.349 e. The van der Waals surface area contributed by atoms with Crippen molar-refractivity contribution >= 4 is 23.1 Å². The SMILES string of the molecule is N#Cc1ccccc1NC(=O)c1ccc2cnc(N[C@@H]3CCCCNC3)nn12. The van der Waals surface area contributed by atoms with Gasteiger partial charge in [-0.1, -0.05) is 18.6 Å². The van der Waals surface area contributed by atoms with Crippen LogP contribution in [-0.2, 0) is 0 Å². The molecule has 4 rings (SSSR count). The van der Waals surface area contributed by atoms with Crippen molar-refractivity contribution < 1.29 is 4.79 Å². The van der Waals surface area contributed by atoms with Gasteiger partial charge in [-0.25, -0.2) is 9.50 Å². The second-order valence-electron chi connectivity index (χ2n) is 6.79. The Morgan fingerprint density at radius 3 is 3.04 bits per heavy atom. The van der Waals surface area contributed by atoms with E-state index >= 15 is 0 Å². The molecular weight excluding hydrogens is 354 g/mol. The van der Waals surface area contributed by atoms with Crippen molar-refractivity contribution in [3.05, 3.63) is 53.9 Å². The van der Waals surface area contributed by atoms with E-state index in [1.165, 1.54) is 6.42 Å². The van der Waals surface area contributed by atoms with Gasteiger partial charge < -0.3 is 16.0 Å². The summed E-state index contributed by atoms with van der Waals surface area (Å²) >= 11 is 0. The smallest absolute Gasteiger partial charge is 0.274 e. The fourth-order valence-corrected chi connectivity index (χ4v) is 3.34. The predicted molar refractivity (Wildman–Crippen MR) is 106 cm³/mol. The minimum absolute atomic E-state index is 0.260. The third kappa shape index (κ3) is 3.80. The molecule has 1 aromatic carbocycles. The predicted octanol–water partition coefficient (Wildman–Crippen LogP) is 2.41. The van der Waals surface area contributed by atoms with Crippen LogP contribution in [0.2, 0.25) is 0 Å². The molecular formula is C20H21N7O. The minimum Gasteiger partial charge on any atom is -0.349 e. The maximum Gasteiger partial charge on any atom is 0.274 e. The monoisotopic (exact) mass is 375 g/mol. The molecule has 28 heavy (non-hydrogen) atoms. The third-order valence-corrected chi connectivity index (χ3v) is 4.81. The van der Waals surface area contributed by atoms with Crippen LogP contribution in [0.3, 0.4) is 0 Å². The zero-order valence-electron chi connectivity index (χ0n) is 15.4. The molecule has 1 aliphatic rings. The van der Waals surface area contributed by atoms with Crippen molar-refractivity contribution in [3.63, 3.8) is 0 Å². The van der Waals surface area contributed by atoms with Crippen molar-refractivity contribution in [1.82, 2.24) is 19.9 Å². The first-order valence-electron chi connectivity index (χ1n) is 9.37. The number of para-hydroxylation sites is 1. The lowest BCUT2D eigenvalue weighted by molar-refractivity contribution is 0.102. The van der Waals surface area contributed by atoms with Crippen LogP contribution in [0.1, 0.15) is 35.3 Å². The van der Waals surface area contributed by atoms with E-state index in [1.54, 1.807) is 47.1 Å². The number of carbonyl (C=O) groups excluding carboxylic acids is 1. The zero-order valence-corrected chi connectivity index (χ0v) is 15.4. The van der Waals surface area contributed by atoms with E-state index in [0.29, 0.717) is 22.9 Å². The first-order chi connectivity index (χ1) is 13.7. The van der Waals surface area contributed by atoms with Gasteiger partial charge in [0.15, 0.2) is 0 Å². The number of nitrogens with zero attached hydrogens (tertiary/aromatic N) is 4. The average Bonchev–Trinajstić information content (AvgIpc) is 2.97. The van der Waals surface area contributed by atoms with Gasteiger partial charge >= 0.3 is 0 Å². The molecule has 8 nitrogen and oxygen atoms in total. The third-order valence-electron chi connectivity index (χ3n) is 4.81. The Hall–Kier alpha value is -3.44. The van der Waals surface area contributed by atoms with Gasteiger partial charge in [0, 0.05) is 12.6 Å². The summed E-state index contributed by atoms with van der Waals surface area (Å²) in [6, 6.07) is 12.7. The molecule has 1 fully saturated rings. The van der Waals surface area contributed by atoms with Crippen molar-refractivity contribution in [2.45, 2.75) is 25.3 Å². The Balaban J connectivity index is 1.57. The number of aromatic nitrogens is 3. The number of hydrogen-bond acceptors (Lipinski definition) is 6. The van der Waals surface area contributed by atoms with Crippen molar-refractivity contribution in [2.75, 3.05) is 23.7 Å². The molecule has 3 aromatic rings. The fraction of sp³-hybridized carbons (Fsp3) is 0.300. The molecule has 0 aliphatic carbocycles. The van der Waals surface area contributed by atoms with E-state index in [9.17, 15) is 10.1 Å². The van der Waals surface area contributed by atoms with Crippen LogP contribution in [-0.4, -0.2) is 39.6 Å². The first kappa shape index (κ1) is 17.9. The van der Waals surface area contributed by atoms with Crippen LogP contribution < -0.4 is 16.0 Å². The summed E-state index contributed by atoms with van der Waals surface area (Å²) in [5, 5.41) is 23.3. The van der Waals surface area contributed by atoms with Crippen LogP contribution in [0.5, 0.6) is 0 Å². The van der Waals surface area contributed by atoms with E-state index in [-0.39, 0.29) is 11.9 Å². The lowest BCUT2D eigenvalue weighted by Gasteiger charge is -2.16. The molecule has 0 unspecified atom stereocenters. The molecule has 3 heterocycles. The zero-order chi connectivity index (χ0) is 19.3. The Morgan fingerprint density at radius 1 is 1.25 bits per heavy atom. The summed E-state index contributed by atoms with van der Waals surface area (Å²) in [5.74, 6) is 0.160. The molecule has 3 N–H and O–H groups in total. The number of rotatable bonds is 4. The number of carbonyl (C=O) groups is 1. The van der Waals surface area contributed by atoms with Crippen LogP contribution in [0.4, 0.5) is 11.6 Å². The molecule has 0 bridgehead atoms. The average molecular weight is 375 g/mol. The molecule has 1 amide bonds. The van der Waals surface area contributed by atoms with Crippen LogP contribution in [0, 0.1) is 11.3 Å². The summed E-state index contributed by atoms with van der Waals surface area (Å²) in [4.78, 5) is 17.1. The van der Waals surface area contributed by atoms with Gasteiger partial charge in [0.25, 0.3) is 5.91 Å². The maximum absolute atomic E-state index is 12.8. The Kier molecular flexibility index (Phi) is 5.17. The normalized spacial score (nSPS) is 16.9. The van der Waals surface area contributed by atoms with Crippen LogP contribution >= 0.6 is 0 Å². The second-order valence-corrected chi connectivity index (χ2v) is 6.79. The topological polar surface area (TPSA) is 107 Å². The van der Waals surface area contributed by atoms with Gasteiger partial charge in [0.2, 0.25) is 5.95 Å². The molecule has 1 atom stereocenters. The van der Waals surface area contributed by atoms with Crippen LogP contribution in [0.25, 0.3) is 5.52 Å². The highest BCUT2D eigenvalue weighted by Crippen LogP contribution is 2.17. The maximum atomic E-state index is 12.8. The fourth-order valence-electron chi connectivity index (χ4n) is 3.34. The lowest BCUT2D eigenvalue weighted by Crippen LogP contribution is -2.31. The molecule has 1 saturated heterocycles.